The smallest absolute Gasteiger partial charge is 0.133 e. The van der Waals surface area contributed by atoms with E-state index in [9.17, 15) is 0 Å². The van der Waals surface area contributed by atoms with E-state index < -0.39 is 0 Å². The number of nitrogens with one attached hydrogen (secondary N) is 1. The first-order valence-electron chi connectivity index (χ1n) is 6.30. The highest BCUT2D eigenvalue weighted by molar-refractivity contribution is 5.47. The molecular formula is C13H24N4O. The Bertz CT molecular complexity index is 362. The lowest BCUT2D eigenvalue weighted by Crippen LogP contribution is -2.22. The van der Waals surface area contributed by atoms with Crippen molar-refractivity contribution in [2.75, 3.05) is 37.0 Å². The largest absolute Gasteiger partial charge is 0.396 e. The summed E-state index contributed by atoms with van der Waals surface area (Å²) >= 11 is 0. The molecule has 0 bridgehead atoms. The van der Waals surface area contributed by atoms with Gasteiger partial charge in [0.05, 0.1) is 0 Å². The van der Waals surface area contributed by atoms with Crippen LogP contribution in [0.2, 0.25) is 0 Å². The molecule has 1 rings (SSSR count). The molecule has 1 heterocycles. The number of nitrogens with zero attached hydrogens (tertiary/aromatic N) is 3. The van der Waals surface area contributed by atoms with Gasteiger partial charge >= 0.3 is 0 Å². The van der Waals surface area contributed by atoms with Crippen LogP contribution in [0.25, 0.3) is 0 Å². The number of aliphatic hydroxyl groups excluding tert-OH is 1. The zero-order valence-electron chi connectivity index (χ0n) is 11.8. The first-order chi connectivity index (χ1) is 8.42. The van der Waals surface area contributed by atoms with Crippen LogP contribution in [0, 0.1) is 5.41 Å². The summed E-state index contributed by atoms with van der Waals surface area (Å²) in [6.45, 7) is 8.38. The molecule has 2 N–H and O–H groups in total. The quantitative estimate of drug-likeness (QED) is 0.807. The van der Waals surface area contributed by atoms with Gasteiger partial charge in [-0.1, -0.05) is 20.8 Å². The third kappa shape index (κ3) is 5.31. The lowest BCUT2D eigenvalue weighted by Gasteiger charge is -2.21. The number of rotatable bonds is 6. The Morgan fingerprint density at radius 2 is 2.06 bits per heavy atom. The minimum atomic E-state index is 0.199. The number of aliphatic hydroxyl groups is 1. The highest BCUT2D eigenvalue weighted by Crippen LogP contribution is 2.16. The van der Waals surface area contributed by atoms with Gasteiger partial charge in [-0.2, -0.15) is 0 Å². The Balaban J connectivity index is 2.61. The highest BCUT2D eigenvalue weighted by atomic mass is 16.3. The molecule has 18 heavy (non-hydrogen) atoms. The van der Waals surface area contributed by atoms with Crippen LogP contribution in [0.15, 0.2) is 12.4 Å². The van der Waals surface area contributed by atoms with Crippen LogP contribution in [0.4, 0.5) is 11.6 Å². The summed E-state index contributed by atoms with van der Waals surface area (Å²) in [6.07, 6.45) is 2.31. The number of hydrogen-bond donors (Lipinski definition) is 2. The predicted molar refractivity (Wildman–Crippen MR) is 74.9 cm³/mol. The standard InChI is InChI=1S/C13H24N4O/c1-13(2,3)9-14-11-8-12(16-10-15-11)17(4)6-5-7-18/h8,10,18H,5-7,9H2,1-4H3,(H,14,15,16). The Morgan fingerprint density at radius 1 is 1.33 bits per heavy atom. The van der Waals surface area contributed by atoms with E-state index in [0.29, 0.717) is 0 Å². The highest BCUT2D eigenvalue weighted by Gasteiger charge is 2.10. The molecule has 1 aromatic rings. The fourth-order valence-corrected chi connectivity index (χ4v) is 1.43. The van der Waals surface area contributed by atoms with Gasteiger partial charge < -0.3 is 15.3 Å². The van der Waals surface area contributed by atoms with Gasteiger partial charge in [-0.3, -0.25) is 0 Å². The minimum absolute atomic E-state index is 0.199. The second-order valence-electron chi connectivity index (χ2n) is 5.67. The van der Waals surface area contributed by atoms with Gasteiger partial charge in [-0.15, -0.1) is 0 Å². The molecule has 5 heteroatoms. The Morgan fingerprint density at radius 3 is 2.67 bits per heavy atom. The molecule has 0 unspecified atom stereocenters. The van der Waals surface area contributed by atoms with Crippen LogP contribution in [0.1, 0.15) is 27.2 Å². The van der Waals surface area contributed by atoms with E-state index in [0.717, 1.165) is 31.1 Å². The maximum absolute atomic E-state index is 8.82. The number of aromatic nitrogens is 2. The zero-order valence-corrected chi connectivity index (χ0v) is 11.8. The van der Waals surface area contributed by atoms with E-state index in [4.69, 9.17) is 5.11 Å². The Hall–Kier alpha value is -1.36. The van der Waals surface area contributed by atoms with E-state index >= 15 is 0 Å². The molecule has 0 aromatic carbocycles. The monoisotopic (exact) mass is 252 g/mol. The molecule has 0 fully saturated rings. The Labute approximate surface area is 109 Å². The summed E-state index contributed by atoms with van der Waals surface area (Å²) in [5.74, 6) is 1.71. The minimum Gasteiger partial charge on any atom is -0.396 e. The second kappa shape index (κ2) is 6.54. The molecule has 1 aromatic heterocycles. The molecule has 0 saturated carbocycles. The van der Waals surface area contributed by atoms with Gasteiger partial charge in [0.25, 0.3) is 0 Å². The fraction of sp³-hybridized carbons (Fsp3) is 0.692. The summed E-state index contributed by atoms with van der Waals surface area (Å²) in [5.41, 5.74) is 0.216. The molecule has 0 saturated heterocycles. The summed E-state index contributed by atoms with van der Waals surface area (Å²) in [5, 5.41) is 12.1. The van der Waals surface area contributed by atoms with E-state index in [1.54, 1.807) is 6.33 Å². The Kier molecular flexibility index (Phi) is 5.34. The van der Waals surface area contributed by atoms with Gasteiger partial charge in [0, 0.05) is 32.8 Å². The normalized spacial score (nSPS) is 11.4. The van der Waals surface area contributed by atoms with Crippen LogP contribution < -0.4 is 10.2 Å². The first-order valence-corrected chi connectivity index (χ1v) is 6.30. The van der Waals surface area contributed by atoms with Crippen molar-refractivity contribution < 1.29 is 5.11 Å². The number of hydrogen-bond acceptors (Lipinski definition) is 5. The van der Waals surface area contributed by atoms with Gasteiger partial charge in [0.2, 0.25) is 0 Å². The average molecular weight is 252 g/mol. The van der Waals surface area contributed by atoms with E-state index in [-0.39, 0.29) is 12.0 Å². The molecule has 0 aliphatic heterocycles. The van der Waals surface area contributed by atoms with Gasteiger partial charge in [-0.05, 0) is 11.8 Å². The molecular weight excluding hydrogens is 228 g/mol. The molecule has 0 spiro atoms. The van der Waals surface area contributed by atoms with Crippen molar-refractivity contribution in [3.05, 3.63) is 12.4 Å². The predicted octanol–water partition coefficient (Wildman–Crippen LogP) is 1.75. The SMILES string of the molecule is CN(CCCO)c1cc(NCC(C)(C)C)ncn1. The van der Waals surface area contributed by atoms with Crippen LogP contribution in [-0.2, 0) is 0 Å². The van der Waals surface area contributed by atoms with Gasteiger partial charge in [-0.25, -0.2) is 9.97 Å². The van der Waals surface area contributed by atoms with Crippen molar-refractivity contribution in [1.29, 1.82) is 0 Å². The van der Waals surface area contributed by atoms with Crippen molar-refractivity contribution in [3.63, 3.8) is 0 Å². The third-order valence-electron chi connectivity index (χ3n) is 2.50. The summed E-state index contributed by atoms with van der Waals surface area (Å²) in [4.78, 5) is 10.5. The van der Waals surface area contributed by atoms with Crippen molar-refractivity contribution >= 4 is 11.6 Å². The molecule has 0 aliphatic carbocycles. The summed E-state index contributed by atoms with van der Waals surface area (Å²) in [7, 11) is 1.96. The van der Waals surface area contributed by atoms with Crippen molar-refractivity contribution in [2.24, 2.45) is 5.41 Å². The van der Waals surface area contributed by atoms with Crippen molar-refractivity contribution in [1.82, 2.24) is 9.97 Å². The molecule has 102 valence electrons. The lowest BCUT2D eigenvalue weighted by molar-refractivity contribution is 0.290. The topological polar surface area (TPSA) is 61.3 Å². The van der Waals surface area contributed by atoms with E-state index in [1.807, 2.05) is 18.0 Å². The molecule has 0 atom stereocenters. The van der Waals surface area contributed by atoms with Crippen LogP contribution in [0.3, 0.4) is 0 Å². The number of anilines is 2. The molecule has 0 aliphatic rings. The molecule has 0 amide bonds. The third-order valence-corrected chi connectivity index (χ3v) is 2.50. The maximum Gasteiger partial charge on any atom is 0.133 e. The van der Waals surface area contributed by atoms with Crippen molar-refractivity contribution in [3.8, 4) is 0 Å². The summed E-state index contributed by atoms with van der Waals surface area (Å²) in [6, 6.07) is 1.93. The average Bonchev–Trinajstić information content (AvgIpc) is 2.33. The maximum atomic E-state index is 8.82. The van der Waals surface area contributed by atoms with Crippen LogP contribution in [0.5, 0.6) is 0 Å². The van der Waals surface area contributed by atoms with E-state index in [2.05, 4.69) is 36.1 Å². The lowest BCUT2D eigenvalue weighted by atomic mass is 9.97. The van der Waals surface area contributed by atoms with E-state index in [1.165, 1.54) is 0 Å². The zero-order chi connectivity index (χ0) is 13.6. The fourth-order valence-electron chi connectivity index (χ4n) is 1.43. The summed E-state index contributed by atoms with van der Waals surface area (Å²) < 4.78 is 0. The second-order valence-corrected chi connectivity index (χ2v) is 5.67. The molecule has 0 radical (unpaired) electrons. The molecule has 5 nitrogen and oxygen atoms in total. The van der Waals surface area contributed by atoms with Gasteiger partial charge in [0.15, 0.2) is 0 Å². The van der Waals surface area contributed by atoms with Gasteiger partial charge in [0.1, 0.15) is 18.0 Å². The van der Waals surface area contributed by atoms with Crippen LogP contribution in [-0.4, -0.2) is 41.8 Å². The van der Waals surface area contributed by atoms with Crippen molar-refractivity contribution in [2.45, 2.75) is 27.2 Å². The first kappa shape index (κ1) is 14.7. The van der Waals surface area contributed by atoms with Crippen LogP contribution >= 0.6 is 0 Å².